The van der Waals surface area contributed by atoms with Gasteiger partial charge in [-0.1, -0.05) is 25.4 Å². The van der Waals surface area contributed by atoms with Gasteiger partial charge in [0.15, 0.2) is 17.5 Å². The molecule has 1 amide bonds. The Balaban J connectivity index is 0.00000195. The zero-order valence-electron chi connectivity index (χ0n) is 22.3. The van der Waals surface area contributed by atoms with E-state index in [-0.39, 0.29) is 40.2 Å². The molecule has 0 unspecified atom stereocenters. The van der Waals surface area contributed by atoms with Gasteiger partial charge in [-0.25, -0.2) is 18.7 Å². The third-order valence-corrected chi connectivity index (χ3v) is 6.47. The average molecular weight is 546 g/mol. The van der Waals surface area contributed by atoms with Gasteiger partial charge in [0.2, 0.25) is 5.91 Å². The maximum Gasteiger partial charge on any atom is 0.247 e. The summed E-state index contributed by atoms with van der Waals surface area (Å²) < 4.78 is 28.9. The second-order valence-corrected chi connectivity index (χ2v) is 9.20. The number of amidine groups is 1. The van der Waals surface area contributed by atoms with Gasteiger partial charge in [-0.15, -0.1) is 0 Å². The van der Waals surface area contributed by atoms with E-state index in [1.165, 1.54) is 6.07 Å². The number of fused-ring (bicyclic) bond motifs is 1. The molecule has 1 aliphatic rings. The average Bonchev–Trinajstić information content (AvgIpc) is 3.34. The zero-order valence-corrected chi connectivity index (χ0v) is 23.0. The van der Waals surface area contributed by atoms with Crippen molar-refractivity contribution >= 4 is 40.1 Å². The van der Waals surface area contributed by atoms with Crippen LogP contribution in [0.4, 0.5) is 14.6 Å². The van der Waals surface area contributed by atoms with Crippen LogP contribution in [-0.2, 0) is 4.79 Å². The molecule has 1 fully saturated rings. The molecule has 2 atom stereocenters. The maximum atomic E-state index is 14.6. The predicted molar refractivity (Wildman–Crippen MR) is 150 cm³/mol. The first-order chi connectivity index (χ1) is 18.3. The number of hydrogen-bond acceptors (Lipinski definition) is 5. The lowest BCUT2D eigenvalue weighted by Crippen LogP contribution is -2.42. The van der Waals surface area contributed by atoms with Gasteiger partial charge in [0.25, 0.3) is 0 Å². The summed E-state index contributed by atoms with van der Waals surface area (Å²) >= 11 is 6.02. The van der Waals surface area contributed by atoms with Crippen LogP contribution in [0.1, 0.15) is 46.5 Å². The normalized spacial score (nSPS) is 18.0. The van der Waals surface area contributed by atoms with Crippen LogP contribution in [0.15, 0.2) is 41.2 Å². The molecule has 3 aromatic rings. The number of nitrogens with one attached hydrogen (secondary N) is 4. The van der Waals surface area contributed by atoms with Gasteiger partial charge in [0, 0.05) is 53.9 Å². The van der Waals surface area contributed by atoms with Crippen LogP contribution < -0.4 is 16.0 Å². The lowest BCUT2D eigenvalue weighted by molar-refractivity contribution is -0.118. The fourth-order valence-electron chi connectivity index (χ4n) is 4.40. The van der Waals surface area contributed by atoms with Crippen LogP contribution in [-0.4, -0.2) is 52.9 Å². The molecule has 11 heteroatoms. The second-order valence-electron chi connectivity index (χ2n) is 8.77. The van der Waals surface area contributed by atoms with Gasteiger partial charge < -0.3 is 20.9 Å². The highest BCUT2D eigenvalue weighted by Gasteiger charge is 2.25. The summed E-state index contributed by atoms with van der Waals surface area (Å²) in [5, 5.41) is 9.90. The fourth-order valence-corrected chi connectivity index (χ4v) is 4.61. The predicted octanol–water partition coefficient (Wildman–Crippen LogP) is 5.62. The number of aromatic amines is 1. The largest absolute Gasteiger partial charge is 0.373 e. The van der Waals surface area contributed by atoms with Crippen molar-refractivity contribution in [1.82, 2.24) is 25.6 Å². The van der Waals surface area contributed by atoms with Crippen molar-refractivity contribution in [3.8, 4) is 11.4 Å². The van der Waals surface area contributed by atoms with Crippen LogP contribution in [0.3, 0.4) is 0 Å². The molecule has 8 nitrogen and oxygen atoms in total. The molecule has 204 valence electrons. The fraction of sp³-hybridized carbons (Fsp3) is 0.407. The van der Waals surface area contributed by atoms with E-state index in [0.717, 1.165) is 25.5 Å². The Bertz CT molecular complexity index is 1340. The van der Waals surface area contributed by atoms with Crippen molar-refractivity contribution in [2.24, 2.45) is 4.99 Å². The lowest BCUT2D eigenvalue weighted by Gasteiger charge is -2.30. The molecular weight excluding hydrogens is 512 g/mol. The molecule has 0 saturated heterocycles. The van der Waals surface area contributed by atoms with Gasteiger partial charge in [0.1, 0.15) is 11.7 Å². The number of halogens is 3. The number of nitrogens with zero attached hydrogens (tertiary/aromatic N) is 3. The number of aromatic nitrogens is 3. The van der Waals surface area contributed by atoms with Gasteiger partial charge >= 0.3 is 0 Å². The Kier molecular flexibility index (Phi) is 10.2. The third-order valence-electron chi connectivity index (χ3n) is 6.25. The van der Waals surface area contributed by atoms with Gasteiger partial charge in [-0.2, -0.15) is 0 Å². The van der Waals surface area contributed by atoms with Gasteiger partial charge in [-0.3, -0.25) is 9.79 Å². The number of amides is 1. The Morgan fingerprint density at radius 1 is 1.21 bits per heavy atom. The molecule has 2 aromatic heterocycles. The summed E-state index contributed by atoms with van der Waals surface area (Å²) in [5.41, 5.74) is 1.34. The highest BCUT2D eigenvalue weighted by atomic mass is 35.5. The molecule has 38 heavy (non-hydrogen) atoms. The number of anilines is 1. The Labute approximate surface area is 226 Å². The molecule has 1 aromatic carbocycles. The topological polar surface area (TPSA) is 107 Å². The van der Waals surface area contributed by atoms with E-state index in [0.29, 0.717) is 28.8 Å². The van der Waals surface area contributed by atoms with E-state index in [2.05, 4.69) is 35.9 Å². The summed E-state index contributed by atoms with van der Waals surface area (Å²) in [6.07, 6.45) is 7.48. The van der Waals surface area contributed by atoms with E-state index in [1.807, 2.05) is 13.8 Å². The molecule has 0 radical (unpaired) electrons. The highest BCUT2D eigenvalue weighted by Crippen LogP contribution is 2.31. The minimum atomic E-state index is -0.591. The van der Waals surface area contributed by atoms with Crippen LogP contribution in [0.5, 0.6) is 0 Å². The highest BCUT2D eigenvalue weighted by molar-refractivity contribution is 6.31. The van der Waals surface area contributed by atoms with E-state index in [4.69, 9.17) is 11.6 Å². The van der Waals surface area contributed by atoms with Crippen molar-refractivity contribution < 1.29 is 13.6 Å². The minimum absolute atomic E-state index is 0.0581. The first-order valence-electron chi connectivity index (χ1n) is 12.7. The van der Waals surface area contributed by atoms with Crippen LogP contribution in [0, 0.1) is 11.6 Å². The van der Waals surface area contributed by atoms with E-state index >= 15 is 0 Å². The summed E-state index contributed by atoms with van der Waals surface area (Å²) in [6, 6.07) is 2.68. The molecule has 0 spiro atoms. The summed E-state index contributed by atoms with van der Waals surface area (Å²) in [5.74, 6) is -0.340. The summed E-state index contributed by atoms with van der Waals surface area (Å²) in [7, 11) is 3.39. The number of rotatable bonds is 6. The van der Waals surface area contributed by atoms with Crippen molar-refractivity contribution in [2.45, 2.75) is 58.5 Å². The maximum absolute atomic E-state index is 14.6. The monoisotopic (exact) mass is 545 g/mol. The molecule has 1 saturated carbocycles. The van der Waals surface area contributed by atoms with Crippen LogP contribution in [0.25, 0.3) is 22.3 Å². The van der Waals surface area contributed by atoms with Gasteiger partial charge in [-0.05, 0) is 50.8 Å². The number of benzene rings is 1. The molecule has 4 rings (SSSR count). The Morgan fingerprint density at radius 2 is 1.95 bits per heavy atom. The second kappa shape index (κ2) is 13.3. The number of carbonyl (C=O) groups is 1. The quantitative estimate of drug-likeness (QED) is 0.183. The van der Waals surface area contributed by atoms with E-state index in [9.17, 15) is 13.6 Å². The Morgan fingerprint density at radius 3 is 2.66 bits per heavy atom. The van der Waals surface area contributed by atoms with Crippen LogP contribution in [0.2, 0.25) is 5.02 Å². The molecule has 0 aliphatic heterocycles. The number of H-pyrrole nitrogens is 1. The molecule has 2 heterocycles. The number of likely N-dealkylation sites (N-methyl/N-ethyl adjacent to an activating group) is 1. The standard InChI is InChI=1S/C25H28ClF2N7O.C2H6/c1-13(7-21(29-2)30-3)25(36)34-16-6-4-5-15(10-16)33-24-20(28)12-32-23(35-24)18-11-31-22-17(18)8-14(26)9-19(22)27;1-2/h7-9,11-12,15-16,31H,4-6,10H2,1-3H3,(H,29,30)(H,34,36)(H,32,33,35);1-2H3/b13-7+;/t15-,16+;/m0./s1. The van der Waals surface area contributed by atoms with Crippen molar-refractivity contribution in [1.29, 1.82) is 0 Å². The van der Waals surface area contributed by atoms with E-state index < -0.39 is 11.6 Å². The third kappa shape index (κ3) is 6.86. The first kappa shape index (κ1) is 29.0. The molecule has 4 N–H and O–H groups in total. The number of carbonyl (C=O) groups excluding carboxylic acids is 1. The molecular formula is C27H34ClF2N7O. The Hall–Kier alpha value is -3.53. The lowest BCUT2D eigenvalue weighted by atomic mass is 9.90. The molecule has 0 bridgehead atoms. The van der Waals surface area contributed by atoms with Crippen LogP contribution >= 0.6 is 11.6 Å². The van der Waals surface area contributed by atoms with Crippen molar-refractivity contribution in [3.63, 3.8) is 0 Å². The zero-order chi connectivity index (χ0) is 27.8. The van der Waals surface area contributed by atoms with E-state index in [1.54, 1.807) is 39.4 Å². The summed E-state index contributed by atoms with van der Waals surface area (Å²) in [4.78, 5) is 28.0. The number of hydrogen-bond donors (Lipinski definition) is 4. The van der Waals surface area contributed by atoms with Gasteiger partial charge in [0.05, 0.1) is 11.7 Å². The summed E-state index contributed by atoms with van der Waals surface area (Å²) in [6.45, 7) is 5.73. The first-order valence-corrected chi connectivity index (χ1v) is 13.1. The SMILES string of the molecule is CC.CN=C(/C=C(\C)C(=O)N[C@@H]1CCC[C@H](Nc2nc(-c3c[nH]c4c(F)cc(Cl)cc34)ncc2F)C1)NC. The minimum Gasteiger partial charge on any atom is -0.373 e. The number of aliphatic imine (C=N–C) groups is 1. The molecule has 1 aliphatic carbocycles. The van der Waals surface area contributed by atoms with Crippen molar-refractivity contribution in [2.75, 3.05) is 19.4 Å². The smallest absolute Gasteiger partial charge is 0.247 e. The van der Waals surface area contributed by atoms with Crippen molar-refractivity contribution in [3.05, 3.63) is 52.8 Å².